The number of thiazole rings is 1. The number of hydrogen-bond donors (Lipinski definition) is 2. The molecule has 2 aromatic rings. The Hall–Kier alpha value is -1.95. The lowest BCUT2D eigenvalue weighted by Crippen LogP contribution is -2.36. The Bertz CT molecular complexity index is 613. The van der Waals surface area contributed by atoms with E-state index in [0.29, 0.717) is 13.1 Å². The first kappa shape index (κ1) is 15.4. The smallest absolute Gasteiger partial charge is 0.191 e. The van der Waals surface area contributed by atoms with Crippen LogP contribution in [0.2, 0.25) is 0 Å². The van der Waals surface area contributed by atoms with Crippen LogP contribution in [-0.2, 0) is 13.1 Å². The molecule has 2 aromatic heterocycles. The number of nitrogens with zero attached hydrogens (tertiary/aromatic N) is 3. The van der Waals surface area contributed by atoms with Gasteiger partial charge in [0.2, 0.25) is 0 Å². The molecule has 0 atom stereocenters. The predicted octanol–water partition coefficient (Wildman–Crippen LogP) is 2.33. The van der Waals surface area contributed by atoms with Gasteiger partial charge in [-0.3, -0.25) is 9.98 Å². The van der Waals surface area contributed by atoms with Crippen LogP contribution < -0.4 is 10.6 Å². The van der Waals surface area contributed by atoms with Crippen molar-refractivity contribution in [2.75, 3.05) is 7.05 Å². The number of guanidine groups is 1. The summed E-state index contributed by atoms with van der Waals surface area (Å²) in [5.74, 6) is 0.754. The number of rotatable bonds is 4. The average molecular weight is 303 g/mol. The Morgan fingerprint density at radius 2 is 1.90 bits per heavy atom. The lowest BCUT2D eigenvalue weighted by molar-refractivity contribution is 0.787. The van der Waals surface area contributed by atoms with Crippen LogP contribution in [0.5, 0.6) is 0 Å². The minimum Gasteiger partial charge on any atom is -0.351 e. The molecular formula is C15H21N5S. The normalized spacial score (nSPS) is 11.5. The molecule has 2 N–H and O–H groups in total. The number of aryl methyl sites for hydroxylation is 3. The Morgan fingerprint density at radius 3 is 2.52 bits per heavy atom. The summed E-state index contributed by atoms with van der Waals surface area (Å²) >= 11 is 1.71. The number of aliphatic imine (C=N–C) groups is 1. The molecule has 6 heteroatoms. The molecule has 0 saturated heterocycles. The summed E-state index contributed by atoms with van der Waals surface area (Å²) in [6.07, 6.45) is 0. The zero-order valence-corrected chi connectivity index (χ0v) is 13.7. The van der Waals surface area contributed by atoms with Crippen LogP contribution in [0.1, 0.15) is 27.0 Å². The molecule has 0 aliphatic heterocycles. The molecule has 2 rings (SSSR count). The third-order valence-electron chi connectivity index (χ3n) is 3.09. The maximum absolute atomic E-state index is 4.51. The van der Waals surface area contributed by atoms with E-state index in [0.717, 1.165) is 28.0 Å². The molecule has 0 amide bonds. The van der Waals surface area contributed by atoms with Gasteiger partial charge in [0.1, 0.15) is 5.01 Å². The molecule has 0 unspecified atom stereocenters. The van der Waals surface area contributed by atoms with E-state index in [-0.39, 0.29) is 0 Å². The first-order valence-electron chi connectivity index (χ1n) is 6.88. The third kappa shape index (κ3) is 4.53. The predicted molar refractivity (Wildman–Crippen MR) is 87.6 cm³/mol. The van der Waals surface area contributed by atoms with Crippen molar-refractivity contribution in [1.29, 1.82) is 0 Å². The Labute approximate surface area is 129 Å². The van der Waals surface area contributed by atoms with Crippen molar-refractivity contribution in [3.8, 4) is 0 Å². The van der Waals surface area contributed by atoms with E-state index >= 15 is 0 Å². The minimum absolute atomic E-state index is 0.650. The van der Waals surface area contributed by atoms with Crippen molar-refractivity contribution >= 4 is 17.3 Å². The van der Waals surface area contributed by atoms with Gasteiger partial charge in [-0.05, 0) is 32.9 Å². The summed E-state index contributed by atoms with van der Waals surface area (Å²) < 4.78 is 0. The van der Waals surface area contributed by atoms with Crippen LogP contribution in [-0.4, -0.2) is 23.0 Å². The molecule has 0 saturated carbocycles. The van der Waals surface area contributed by atoms with Gasteiger partial charge in [0, 0.05) is 17.6 Å². The Morgan fingerprint density at radius 1 is 1.14 bits per heavy atom. The summed E-state index contributed by atoms with van der Waals surface area (Å²) in [6.45, 7) is 7.44. The fourth-order valence-electron chi connectivity index (χ4n) is 1.87. The van der Waals surface area contributed by atoms with Gasteiger partial charge >= 0.3 is 0 Å². The first-order valence-corrected chi connectivity index (χ1v) is 7.70. The number of nitrogens with one attached hydrogen (secondary N) is 2. The second-order valence-corrected chi connectivity index (χ2v) is 6.09. The highest BCUT2D eigenvalue weighted by atomic mass is 32.1. The summed E-state index contributed by atoms with van der Waals surface area (Å²) in [7, 11) is 1.76. The second kappa shape index (κ2) is 7.17. The lowest BCUT2D eigenvalue weighted by atomic mass is 10.3. The highest BCUT2D eigenvalue weighted by molar-refractivity contribution is 7.11. The van der Waals surface area contributed by atoms with Gasteiger partial charge in [0.05, 0.1) is 24.5 Å². The molecule has 0 spiro atoms. The molecule has 0 aliphatic carbocycles. The van der Waals surface area contributed by atoms with Crippen molar-refractivity contribution < 1.29 is 0 Å². The zero-order valence-electron chi connectivity index (χ0n) is 12.9. The van der Waals surface area contributed by atoms with Gasteiger partial charge in [-0.1, -0.05) is 6.07 Å². The van der Waals surface area contributed by atoms with Crippen LogP contribution in [0.25, 0.3) is 0 Å². The van der Waals surface area contributed by atoms with Crippen molar-refractivity contribution in [3.63, 3.8) is 0 Å². The van der Waals surface area contributed by atoms with Crippen LogP contribution >= 0.6 is 11.3 Å². The first-order chi connectivity index (χ1) is 10.1. The second-order valence-electron chi connectivity index (χ2n) is 4.80. The molecule has 112 valence electrons. The van der Waals surface area contributed by atoms with Crippen molar-refractivity contribution in [1.82, 2.24) is 20.6 Å². The number of hydrogen-bond acceptors (Lipinski definition) is 4. The van der Waals surface area contributed by atoms with Gasteiger partial charge < -0.3 is 10.6 Å². The van der Waals surface area contributed by atoms with E-state index in [1.807, 2.05) is 32.0 Å². The Kier molecular flexibility index (Phi) is 5.27. The fourth-order valence-corrected chi connectivity index (χ4v) is 2.74. The molecule has 5 nitrogen and oxygen atoms in total. The Balaban J connectivity index is 1.86. The van der Waals surface area contributed by atoms with E-state index in [4.69, 9.17) is 0 Å². The van der Waals surface area contributed by atoms with Crippen molar-refractivity contribution in [2.45, 2.75) is 33.9 Å². The average Bonchev–Trinajstić information content (AvgIpc) is 2.78. The molecule has 0 aromatic carbocycles. The standard InChI is InChI=1S/C15H21N5S/c1-10-6-5-7-13(19-10)8-17-15(16-4)18-9-14-20-11(2)12(3)21-14/h5-7H,8-9H2,1-4H3,(H2,16,17,18). The topological polar surface area (TPSA) is 62.2 Å². The quantitative estimate of drug-likeness (QED) is 0.672. The van der Waals surface area contributed by atoms with Crippen LogP contribution in [0, 0.1) is 20.8 Å². The summed E-state index contributed by atoms with van der Waals surface area (Å²) in [6, 6.07) is 6.00. The van der Waals surface area contributed by atoms with E-state index in [2.05, 4.69) is 32.5 Å². The summed E-state index contributed by atoms with van der Waals surface area (Å²) in [5.41, 5.74) is 3.12. The third-order valence-corrected chi connectivity index (χ3v) is 4.16. The number of aromatic nitrogens is 2. The van der Waals surface area contributed by atoms with Gasteiger partial charge in [-0.15, -0.1) is 11.3 Å². The molecular weight excluding hydrogens is 282 g/mol. The summed E-state index contributed by atoms with van der Waals surface area (Å²) in [5, 5.41) is 7.60. The van der Waals surface area contributed by atoms with E-state index in [1.165, 1.54) is 4.88 Å². The van der Waals surface area contributed by atoms with E-state index < -0.39 is 0 Å². The molecule has 2 heterocycles. The zero-order chi connectivity index (χ0) is 15.2. The minimum atomic E-state index is 0.650. The molecule has 0 fully saturated rings. The van der Waals surface area contributed by atoms with E-state index in [1.54, 1.807) is 18.4 Å². The van der Waals surface area contributed by atoms with E-state index in [9.17, 15) is 0 Å². The van der Waals surface area contributed by atoms with Crippen molar-refractivity contribution in [3.05, 3.63) is 45.2 Å². The van der Waals surface area contributed by atoms with Crippen molar-refractivity contribution in [2.24, 2.45) is 4.99 Å². The van der Waals surface area contributed by atoms with Gasteiger partial charge in [-0.2, -0.15) is 0 Å². The molecule has 0 radical (unpaired) electrons. The van der Waals surface area contributed by atoms with Gasteiger partial charge in [-0.25, -0.2) is 4.98 Å². The molecule has 0 aliphatic rings. The van der Waals surface area contributed by atoms with Crippen LogP contribution in [0.4, 0.5) is 0 Å². The fraction of sp³-hybridized carbons (Fsp3) is 0.400. The molecule has 0 bridgehead atoms. The van der Waals surface area contributed by atoms with Crippen LogP contribution in [0.3, 0.4) is 0 Å². The SMILES string of the molecule is CN=C(NCc1cccc(C)n1)NCc1nc(C)c(C)s1. The maximum Gasteiger partial charge on any atom is 0.191 e. The monoisotopic (exact) mass is 303 g/mol. The van der Waals surface area contributed by atoms with Crippen LogP contribution in [0.15, 0.2) is 23.2 Å². The lowest BCUT2D eigenvalue weighted by Gasteiger charge is -2.10. The highest BCUT2D eigenvalue weighted by Crippen LogP contribution is 2.15. The van der Waals surface area contributed by atoms with Gasteiger partial charge in [0.15, 0.2) is 5.96 Å². The molecule has 21 heavy (non-hydrogen) atoms. The van der Waals surface area contributed by atoms with Gasteiger partial charge in [0.25, 0.3) is 0 Å². The summed E-state index contributed by atoms with van der Waals surface area (Å²) in [4.78, 5) is 14.4. The highest BCUT2D eigenvalue weighted by Gasteiger charge is 2.05. The maximum atomic E-state index is 4.51. The number of pyridine rings is 1. The largest absolute Gasteiger partial charge is 0.351 e.